The minimum absolute atomic E-state index is 0.0773. The molecule has 1 N–H and O–H groups in total. The molecule has 0 saturated heterocycles. The monoisotopic (exact) mass is 397 g/mol. The molecule has 7 heteroatoms. The molecule has 1 amide bonds. The Morgan fingerprint density at radius 1 is 1.11 bits per heavy atom. The van der Waals surface area contributed by atoms with Crippen molar-refractivity contribution >= 4 is 12.0 Å². The van der Waals surface area contributed by atoms with E-state index in [1.807, 2.05) is 6.92 Å². The molecule has 28 heavy (non-hydrogen) atoms. The van der Waals surface area contributed by atoms with Crippen molar-refractivity contribution in [1.82, 2.24) is 5.32 Å². The second-order valence-corrected chi connectivity index (χ2v) is 6.40. The minimum atomic E-state index is -4.43. The summed E-state index contributed by atoms with van der Waals surface area (Å²) in [5.41, 5.74) is 0.437. The van der Waals surface area contributed by atoms with Gasteiger partial charge in [-0.3, -0.25) is 4.79 Å². The zero-order chi connectivity index (χ0) is 20.9. The summed E-state index contributed by atoms with van der Waals surface area (Å²) < 4.78 is 65.6. The maximum Gasteiger partial charge on any atom is 0.416 e. The summed E-state index contributed by atoms with van der Waals surface area (Å²) in [6.45, 7) is 3.08. The Bertz CT molecular complexity index is 864. The van der Waals surface area contributed by atoms with E-state index in [4.69, 9.17) is 0 Å². The number of hydrogen-bond acceptors (Lipinski definition) is 1. The van der Waals surface area contributed by atoms with Gasteiger partial charge in [0.1, 0.15) is 11.6 Å². The van der Waals surface area contributed by atoms with Gasteiger partial charge in [-0.25, -0.2) is 8.78 Å². The first kappa shape index (κ1) is 21.6. The van der Waals surface area contributed by atoms with Crippen LogP contribution < -0.4 is 5.32 Å². The molecule has 0 saturated carbocycles. The smallest absolute Gasteiger partial charge is 0.348 e. The van der Waals surface area contributed by atoms with Gasteiger partial charge in [0.25, 0.3) is 0 Å². The van der Waals surface area contributed by atoms with Crippen molar-refractivity contribution in [2.75, 3.05) is 0 Å². The SMILES string of the molecule is CCCc1cc(C(F)(F)F)ccc1/C=C/C(=O)NCc1cc(F)c(C)c(F)c1. The molecular formula is C21H20F5NO. The van der Waals surface area contributed by atoms with Crippen molar-refractivity contribution in [3.63, 3.8) is 0 Å². The van der Waals surface area contributed by atoms with Gasteiger partial charge in [0.15, 0.2) is 0 Å². The molecule has 0 fully saturated rings. The summed E-state index contributed by atoms with van der Waals surface area (Å²) in [6.07, 6.45) is -0.730. The maximum atomic E-state index is 13.5. The standard InChI is InChI=1S/C21H20F5NO/c1-3-4-16-11-17(21(24,25)26)7-5-15(16)6-8-20(28)27-12-14-9-18(22)13(2)19(23)10-14/h5-11H,3-4,12H2,1-2H3,(H,27,28)/b8-6+. The molecule has 2 nitrogen and oxygen atoms in total. The van der Waals surface area contributed by atoms with Crippen LogP contribution in [-0.2, 0) is 23.9 Å². The Labute approximate surface area is 160 Å². The number of carbonyl (C=O) groups excluding carboxylic acids is 1. The maximum absolute atomic E-state index is 13.5. The summed E-state index contributed by atoms with van der Waals surface area (Å²) in [7, 11) is 0. The highest BCUT2D eigenvalue weighted by molar-refractivity contribution is 5.91. The summed E-state index contributed by atoms with van der Waals surface area (Å²) in [6, 6.07) is 5.64. The van der Waals surface area contributed by atoms with Crippen LogP contribution in [0.1, 0.15) is 41.2 Å². The summed E-state index contributed by atoms with van der Waals surface area (Å²) in [4.78, 5) is 12.0. The van der Waals surface area contributed by atoms with E-state index < -0.39 is 29.3 Å². The molecular weight excluding hydrogens is 377 g/mol. The Kier molecular flexibility index (Phi) is 6.94. The molecule has 0 radical (unpaired) electrons. The van der Waals surface area contributed by atoms with Crippen molar-refractivity contribution in [2.24, 2.45) is 0 Å². The van der Waals surface area contributed by atoms with Gasteiger partial charge >= 0.3 is 6.18 Å². The molecule has 0 aliphatic carbocycles. The van der Waals surface area contributed by atoms with Gasteiger partial charge in [0.05, 0.1) is 5.56 Å². The van der Waals surface area contributed by atoms with Gasteiger partial charge in [-0.05, 0) is 60.4 Å². The lowest BCUT2D eigenvalue weighted by atomic mass is 9.99. The molecule has 2 aromatic carbocycles. The van der Waals surface area contributed by atoms with Crippen LogP contribution in [0.4, 0.5) is 22.0 Å². The molecule has 2 aromatic rings. The van der Waals surface area contributed by atoms with E-state index in [0.29, 0.717) is 24.0 Å². The van der Waals surface area contributed by atoms with Crippen LogP contribution in [-0.4, -0.2) is 5.91 Å². The first-order valence-corrected chi connectivity index (χ1v) is 8.72. The number of nitrogens with one attached hydrogen (secondary N) is 1. The van der Waals surface area contributed by atoms with Crippen LogP contribution >= 0.6 is 0 Å². The highest BCUT2D eigenvalue weighted by Crippen LogP contribution is 2.31. The normalized spacial score (nSPS) is 11.8. The lowest BCUT2D eigenvalue weighted by Gasteiger charge is -2.11. The Hall–Kier alpha value is -2.70. The van der Waals surface area contributed by atoms with Crippen LogP contribution in [0, 0.1) is 18.6 Å². The Balaban J connectivity index is 2.09. The summed E-state index contributed by atoms with van der Waals surface area (Å²) in [5, 5.41) is 2.49. The van der Waals surface area contributed by atoms with Crippen molar-refractivity contribution in [3.05, 3.63) is 75.9 Å². The van der Waals surface area contributed by atoms with Gasteiger partial charge in [0, 0.05) is 18.2 Å². The fourth-order valence-electron chi connectivity index (χ4n) is 2.64. The number of benzene rings is 2. The minimum Gasteiger partial charge on any atom is -0.348 e. The predicted octanol–water partition coefficient (Wildman–Crippen LogP) is 5.57. The molecule has 2 rings (SSSR count). The van der Waals surface area contributed by atoms with Crippen LogP contribution in [0.25, 0.3) is 6.08 Å². The van der Waals surface area contributed by atoms with Crippen LogP contribution in [0.5, 0.6) is 0 Å². The van der Waals surface area contributed by atoms with Gasteiger partial charge in [0.2, 0.25) is 5.91 Å². The van der Waals surface area contributed by atoms with Gasteiger partial charge in [-0.1, -0.05) is 19.4 Å². The molecule has 0 atom stereocenters. The van der Waals surface area contributed by atoms with Crippen molar-refractivity contribution in [2.45, 2.75) is 39.4 Å². The quantitative estimate of drug-likeness (QED) is 0.501. The third kappa shape index (κ3) is 5.65. The number of aryl methyl sites for hydroxylation is 1. The van der Waals surface area contributed by atoms with Gasteiger partial charge in [-0.15, -0.1) is 0 Å². The fourth-order valence-corrected chi connectivity index (χ4v) is 2.64. The zero-order valence-electron chi connectivity index (χ0n) is 15.5. The van der Waals surface area contributed by atoms with E-state index in [-0.39, 0.29) is 17.7 Å². The lowest BCUT2D eigenvalue weighted by molar-refractivity contribution is -0.137. The number of carbonyl (C=O) groups is 1. The van der Waals surface area contributed by atoms with Gasteiger partial charge < -0.3 is 5.32 Å². The molecule has 0 bridgehead atoms. The number of amides is 1. The van der Waals surface area contributed by atoms with E-state index >= 15 is 0 Å². The van der Waals surface area contributed by atoms with Crippen molar-refractivity contribution < 1.29 is 26.7 Å². The molecule has 0 unspecified atom stereocenters. The van der Waals surface area contributed by atoms with Gasteiger partial charge in [-0.2, -0.15) is 13.2 Å². The molecule has 0 heterocycles. The predicted molar refractivity (Wildman–Crippen MR) is 97.4 cm³/mol. The molecule has 0 aliphatic rings. The van der Waals surface area contributed by atoms with E-state index in [0.717, 1.165) is 24.3 Å². The van der Waals surface area contributed by atoms with Crippen LogP contribution in [0.3, 0.4) is 0 Å². The number of alkyl halides is 3. The Morgan fingerprint density at radius 3 is 2.32 bits per heavy atom. The highest BCUT2D eigenvalue weighted by atomic mass is 19.4. The average molecular weight is 397 g/mol. The van der Waals surface area contributed by atoms with E-state index in [9.17, 15) is 26.7 Å². The molecule has 0 aromatic heterocycles. The first-order valence-electron chi connectivity index (χ1n) is 8.72. The van der Waals surface area contributed by atoms with E-state index in [1.165, 1.54) is 25.1 Å². The lowest BCUT2D eigenvalue weighted by Crippen LogP contribution is -2.20. The number of hydrogen-bond donors (Lipinski definition) is 1. The Morgan fingerprint density at radius 2 is 1.75 bits per heavy atom. The largest absolute Gasteiger partial charge is 0.416 e. The van der Waals surface area contributed by atoms with Crippen LogP contribution in [0.2, 0.25) is 0 Å². The van der Waals surface area contributed by atoms with E-state index in [2.05, 4.69) is 5.32 Å². The highest BCUT2D eigenvalue weighted by Gasteiger charge is 2.30. The molecule has 0 aliphatic heterocycles. The third-order valence-corrected chi connectivity index (χ3v) is 4.21. The summed E-state index contributed by atoms with van der Waals surface area (Å²) >= 11 is 0. The molecule has 150 valence electrons. The topological polar surface area (TPSA) is 29.1 Å². The number of rotatable bonds is 6. The second kappa shape index (κ2) is 8.99. The number of halogens is 5. The fraction of sp³-hybridized carbons (Fsp3) is 0.286. The van der Waals surface area contributed by atoms with Crippen molar-refractivity contribution in [1.29, 1.82) is 0 Å². The zero-order valence-corrected chi connectivity index (χ0v) is 15.5. The third-order valence-electron chi connectivity index (χ3n) is 4.21. The van der Waals surface area contributed by atoms with E-state index in [1.54, 1.807) is 0 Å². The van der Waals surface area contributed by atoms with Crippen molar-refractivity contribution in [3.8, 4) is 0 Å². The first-order chi connectivity index (χ1) is 13.1. The second-order valence-electron chi connectivity index (χ2n) is 6.40. The summed E-state index contributed by atoms with van der Waals surface area (Å²) in [5.74, 6) is -1.92. The molecule has 0 spiro atoms. The average Bonchev–Trinajstić information content (AvgIpc) is 2.62. The van der Waals surface area contributed by atoms with Crippen LogP contribution in [0.15, 0.2) is 36.4 Å².